The summed E-state index contributed by atoms with van der Waals surface area (Å²) in [6, 6.07) is 7.81. The average molecular weight is 374 g/mol. The Labute approximate surface area is 163 Å². The quantitative estimate of drug-likeness (QED) is 0.756. The van der Waals surface area contributed by atoms with Crippen LogP contribution in [0.3, 0.4) is 0 Å². The van der Waals surface area contributed by atoms with Gasteiger partial charge < -0.3 is 10.2 Å². The van der Waals surface area contributed by atoms with Crippen LogP contribution in [0.25, 0.3) is 11.4 Å². The van der Waals surface area contributed by atoms with Crippen molar-refractivity contribution in [1.29, 1.82) is 0 Å². The molecule has 0 bridgehead atoms. The van der Waals surface area contributed by atoms with Gasteiger partial charge >= 0.3 is 0 Å². The van der Waals surface area contributed by atoms with E-state index < -0.39 is 0 Å². The first-order valence-corrected chi connectivity index (χ1v) is 9.34. The highest BCUT2D eigenvalue weighted by Crippen LogP contribution is 2.29. The van der Waals surface area contributed by atoms with E-state index in [9.17, 15) is 4.79 Å². The average Bonchev–Trinajstić information content (AvgIpc) is 2.74. The molecule has 0 aromatic carbocycles. The minimum absolute atomic E-state index is 0.0419. The van der Waals surface area contributed by atoms with E-state index in [1.54, 1.807) is 25.5 Å². The molecule has 7 nitrogen and oxygen atoms in total. The monoisotopic (exact) mass is 374 g/mol. The van der Waals surface area contributed by atoms with E-state index >= 15 is 0 Å². The molecule has 3 aromatic heterocycles. The van der Waals surface area contributed by atoms with Gasteiger partial charge in [0.25, 0.3) is 0 Å². The van der Waals surface area contributed by atoms with Crippen LogP contribution in [-0.4, -0.2) is 37.3 Å². The van der Waals surface area contributed by atoms with Gasteiger partial charge in [0.15, 0.2) is 5.82 Å². The SMILES string of the molecule is CC(=O)N1CCc2c(nc(-c3cccnc3)nc2NC(C)c2cccnc2)C1. The topological polar surface area (TPSA) is 83.9 Å². The summed E-state index contributed by atoms with van der Waals surface area (Å²) in [5.74, 6) is 1.48. The Kier molecular flexibility index (Phi) is 4.97. The summed E-state index contributed by atoms with van der Waals surface area (Å²) in [6.45, 7) is 4.85. The molecule has 4 heterocycles. The Morgan fingerprint density at radius 1 is 1.14 bits per heavy atom. The molecule has 0 saturated heterocycles. The van der Waals surface area contributed by atoms with E-state index in [1.165, 1.54) is 0 Å². The highest BCUT2D eigenvalue weighted by atomic mass is 16.2. The van der Waals surface area contributed by atoms with Crippen molar-refractivity contribution in [2.75, 3.05) is 11.9 Å². The zero-order valence-corrected chi connectivity index (χ0v) is 16.0. The molecule has 142 valence electrons. The number of rotatable bonds is 4. The maximum Gasteiger partial charge on any atom is 0.219 e. The van der Waals surface area contributed by atoms with Crippen LogP contribution < -0.4 is 5.32 Å². The molecule has 0 radical (unpaired) electrons. The molecule has 0 saturated carbocycles. The molecule has 1 atom stereocenters. The lowest BCUT2D eigenvalue weighted by molar-refractivity contribution is -0.129. The molecular formula is C21H22N6O. The molecule has 1 aliphatic heterocycles. The lowest BCUT2D eigenvalue weighted by Gasteiger charge is -2.29. The van der Waals surface area contributed by atoms with Crippen LogP contribution in [0.5, 0.6) is 0 Å². The summed E-state index contributed by atoms with van der Waals surface area (Å²) in [5.41, 5.74) is 3.89. The molecule has 0 aliphatic carbocycles. The predicted molar refractivity (Wildman–Crippen MR) is 106 cm³/mol. The maximum atomic E-state index is 11.9. The van der Waals surface area contributed by atoms with Crippen LogP contribution in [0.15, 0.2) is 49.1 Å². The minimum atomic E-state index is 0.0419. The van der Waals surface area contributed by atoms with Crippen molar-refractivity contribution in [2.24, 2.45) is 0 Å². The first-order chi connectivity index (χ1) is 13.6. The number of hydrogen-bond acceptors (Lipinski definition) is 6. The number of aromatic nitrogens is 4. The van der Waals surface area contributed by atoms with Gasteiger partial charge in [-0.05, 0) is 37.1 Å². The first kappa shape index (κ1) is 18.0. The molecule has 3 aromatic rings. The molecular weight excluding hydrogens is 352 g/mol. The summed E-state index contributed by atoms with van der Waals surface area (Å²) >= 11 is 0. The molecule has 1 N–H and O–H groups in total. The smallest absolute Gasteiger partial charge is 0.219 e. The third-order valence-corrected chi connectivity index (χ3v) is 4.97. The Balaban J connectivity index is 1.74. The van der Waals surface area contributed by atoms with Crippen molar-refractivity contribution in [1.82, 2.24) is 24.8 Å². The van der Waals surface area contributed by atoms with Crippen LogP contribution in [0.4, 0.5) is 5.82 Å². The highest BCUT2D eigenvalue weighted by molar-refractivity contribution is 5.74. The van der Waals surface area contributed by atoms with E-state index in [1.807, 2.05) is 35.4 Å². The fourth-order valence-electron chi connectivity index (χ4n) is 3.36. The number of anilines is 1. The Morgan fingerprint density at radius 3 is 2.61 bits per heavy atom. The van der Waals surface area contributed by atoms with E-state index in [2.05, 4.69) is 22.2 Å². The molecule has 1 unspecified atom stereocenters. The van der Waals surface area contributed by atoms with E-state index in [0.717, 1.165) is 34.6 Å². The fraction of sp³-hybridized carbons (Fsp3) is 0.286. The van der Waals surface area contributed by atoms with Gasteiger partial charge in [-0.15, -0.1) is 0 Å². The van der Waals surface area contributed by atoms with Gasteiger partial charge in [0.05, 0.1) is 18.3 Å². The summed E-state index contributed by atoms with van der Waals surface area (Å²) < 4.78 is 0. The van der Waals surface area contributed by atoms with E-state index in [0.29, 0.717) is 18.9 Å². The lowest BCUT2D eigenvalue weighted by Crippen LogP contribution is -2.35. The second-order valence-corrected chi connectivity index (χ2v) is 6.91. The number of amides is 1. The molecule has 7 heteroatoms. The van der Waals surface area contributed by atoms with Crippen molar-refractivity contribution < 1.29 is 4.79 Å². The van der Waals surface area contributed by atoms with Gasteiger partial charge in [-0.3, -0.25) is 14.8 Å². The first-order valence-electron chi connectivity index (χ1n) is 9.34. The Hall–Kier alpha value is -3.35. The van der Waals surface area contributed by atoms with E-state index in [4.69, 9.17) is 9.97 Å². The molecule has 1 amide bonds. The summed E-state index contributed by atoms with van der Waals surface area (Å²) in [4.78, 5) is 31.6. The normalized spacial score (nSPS) is 14.3. The second kappa shape index (κ2) is 7.72. The van der Waals surface area contributed by atoms with Gasteiger partial charge in [0, 0.05) is 49.4 Å². The highest BCUT2D eigenvalue weighted by Gasteiger charge is 2.25. The molecule has 0 fully saturated rings. The van der Waals surface area contributed by atoms with Gasteiger partial charge in [0.2, 0.25) is 5.91 Å². The molecule has 1 aliphatic rings. The lowest BCUT2D eigenvalue weighted by atomic mass is 10.0. The van der Waals surface area contributed by atoms with Crippen LogP contribution in [0.1, 0.15) is 36.7 Å². The van der Waals surface area contributed by atoms with Crippen LogP contribution >= 0.6 is 0 Å². The van der Waals surface area contributed by atoms with Gasteiger partial charge in [-0.25, -0.2) is 9.97 Å². The van der Waals surface area contributed by atoms with E-state index in [-0.39, 0.29) is 11.9 Å². The Bertz CT molecular complexity index is 977. The number of fused-ring (bicyclic) bond motifs is 1. The van der Waals surface area contributed by atoms with Gasteiger partial charge in [-0.2, -0.15) is 0 Å². The zero-order valence-electron chi connectivity index (χ0n) is 16.0. The third kappa shape index (κ3) is 3.69. The van der Waals surface area contributed by atoms with Crippen molar-refractivity contribution in [3.05, 3.63) is 65.9 Å². The van der Waals surface area contributed by atoms with Gasteiger partial charge in [-0.1, -0.05) is 6.07 Å². The fourth-order valence-corrected chi connectivity index (χ4v) is 3.36. The summed E-state index contributed by atoms with van der Waals surface area (Å²) in [5, 5.41) is 3.53. The van der Waals surface area contributed by atoms with Crippen molar-refractivity contribution in [3.8, 4) is 11.4 Å². The van der Waals surface area contributed by atoms with Crippen molar-refractivity contribution >= 4 is 11.7 Å². The number of pyridine rings is 2. The third-order valence-electron chi connectivity index (χ3n) is 4.97. The maximum absolute atomic E-state index is 11.9. The summed E-state index contributed by atoms with van der Waals surface area (Å²) in [6.07, 6.45) is 7.82. The van der Waals surface area contributed by atoms with Crippen molar-refractivity contribution in [3.63, 3.8) is 0 Å². The number of carbonyl (C=O) groups excluding carboxylic acids is 1. The largest absolute Gasteiger partial charge is 0.363 e. The number of nitrogens with one attached hydrogen (secondary N) is 1. The van der Waals surface area contributed by atoms with Crippen LogP contribution in [0.2, 0.25) is 0 Å². The second-order valence-electron chi connectivity index (χ2n) is 6.91. The minimum Gasteiger partial charge on any atom is -0.363 e. The van der Waals surface area contributed by atoms with Crippen LogP contribution in [-0.2, 0) is 17.8 Å². The molecule has 28 heavy (non-hydrogen) atoms. The number of hydrogen-bond donors (Lipinski definition) is 1. The number of carbonyl (C=O) groups is 1. The standard InChI is InChI=1S/C21H22N6O/c1-14(16-5-3-8-22-11-16)24-21-18-7-10-27(15(2)28)13-19(18)25-20(26-21)17-6-4-9-23-12-17/h3-6,8-9,11-12,14H,7,10,13H2,1-2H3,(H,24,25,26). The van der Waals surface area contributed by atoms with Crippen LogP contribution in [0, 0.1) is 0 Å². The van der Waals surface area contributed by atoms with Gasteiger partial charge in [0.1, 0.15) is 5.82 Å². The number of nitrogens with zero attached hydrogens (tertiary/aromatic N) is 5. The molecule has 4 rings (SSSR count). The van der Waals surface area contributed by atoms with Crippen molar-refractivity contribution in [2.45, 2.75) is 32.9 Å². The zero-order chi connectivity index (χ0) is 19.5. The summed E-state index contributed by atoms with van der Waals surface area (Å²) in [7, 11) is 0. The predicted octanol–water partition coefficient (Wildman–Crippen LogP) is 3.01. The molecule has 0 spiro atoms. The Morgan fingerprint density at radius 2 is 1.93 bits per heavy atom.